The zero-order valence-electron chi connectivity index (χ0n) is 50.8. The fourth-order valence-corrected chi connectivity index (χ4v) is 10.1. The highest BCUT2D eigenvalue weighted by molar-refractivity contribution is 5.76. The second kappa shape index (κ2) is 57.2. The van der Waals surface area contributed by atoms with Crippen molar-refractivity contribution >= 4 is 11.9 Å². The number of aliphatic hydroxyl groups excluding tert-OH is 5. The van der Waals surface area contributed by atoms with Crippen LogP contribution in [0.4, 0.5) is 0 Å². The third-order valence-corrected chi connectivity index (χ3v) is 15.3. The van der Waals surface area contributed by atoms with E-state index in [0.717, 1.165) is 77.0 Å². The van der Waals surface area contributed by atoms with Crippen LogP contribution in [0.15, 0.2) is 60.8 Å². The quantitative estimate of drug-likeness (QED) is 0.0195. The molecule has 1 rings (SSSR count). The van der Waals surface area contributed by atoms with Crippen LogP contribution in [0, 0.1) is 0 Å². The summed E-state index contributed by atoms with van der Waals surface area (Å²) in [4.78, 5) is 25.1. The van der Waals surface area contributed by atoms with Gasteiger partial charge in [-0.3, -0.25) is 9.59 Å². The zero-order chi connectivity index (χ0) is 57.3. The molecule has 0 radical (unpaired) electrons. The summed E-state index contributed by atoms with van der Waals surface area (Å²) in [7, 11) is 0. The van der Waals surface area contributed by atoms with Gasteiger partial charge in [-0.15, -0.1) is 0 Å². The molecule has 6 N–H and O–H groups in total. The van der Waals surface area contributed by atoms with Crippen molar-refractivity contribution in [1.82, 2.24) is 5.32 Å². The van der Waals surface area contributed by atoms with Gasteiger partial charge in [0, 0.05) is 12.8 Å². The number of esters is 1. The minimum absolute atomic E-state index is 0.00772. The fraction of sp³-hybridized carbons (Fsp3) is 0.824. The first-order valence-electron chi connectivity index (χ1n) is 33.1. The maximum atomic E-state index is 13.0. The molecule has 1 fully saturated rings. The van der Waals surface area contributed by atoms with Gasteiger partial charge in [-0.1, -0.05) is 242 Å². The number of carbonyl (C=O) groups is 2. The Labute approximate surface area is 484 Å². The third-order valence-electron chi connectivity index (χ3n) is 15.3. The summed E-state index contributed by atoms with van der Waals surface area (Å²) in [6, 6.07) is -0.830. The Hall–Kier alpha value is -2.64. The first-order chi connectivity index (χ1) is 38.7. The van der Waals surface area contributed by atoms with E-state index in [4.69, 9.17) is 14.2 Å². The highest BCUT2D eigenvalue weighted by Crippen LogP contribution is 2.23. The molecule has 0 aliphatic carbocycles. The Morgan fingerprint density at radius 2 is 0.861 bits per heavy atom. The van der Waals surface area contributed by atoms with E-state index in [-0.39, 0.29) is 18.5 Å². The molecular weight excluding hydrogens is 991 g/mol. The number of hydrogen-bond acceptors (Lipinski definition) is 10. The largest absolute Gasteiger partial charge is 0.466 e. The first-order valence-corrected chi connectivity index (χ1v) is 33.1. The molecule has 0 bridgehead atoms. The zero-order valence-corrected chi connectivity index (χ0v) is 50.8. The van der Waals surface area contributed by atoms with E-state index in [1.54, 1.807) is 6.08 Å². The van der Waals surface area contributed by atoms with Crippen LogP contribution < -0.4 is 5.32 Å². The van der Waals surface area contributed by atoms with Crippen molar-refractivity contribution in [2.45, 2.75) is 339 Å². The summed E-state index contributed by atoms with van der Waals surface area (Å²) in [5.41, 5.74) is 0. The number of unbranched alkanes of at least 4 members (excludes halogenated alkanes) is 35. The molecule has 1 heterocycles. The van der Waals surface area contributed by atoms with E-state index in [2.05, 4.69) is 67.8 Å². The molecule has 0 aromatic rings. The van der Waals surface area contributed by atoms with Crippen molar-refractivity contribution in [2.24, 2.45) is 0 Å². The third kappa shape index (κ3) is 46.5. The van der Waals surface area contributed by atoms with Crippen molar-refractivity contribution in [3.8, 4) is 0 Å². The van der Waals surface area contributed by atoms with Crippen LogP contribution in [0.1, 0.15) is 296 Å². The molecule has 1 aliphatic heterocycles. The number of rotatable bonds is 57. The maximum Gasteiger partial charge on any atom is 0.305 e. The number of ether oxygens (including phenoxy) is 3. The van der Waals surface area contributed by atoms with Crippen molar-refractivity contribution < 1.29 is 49.3 Å². The van der Waals surface area contributed by atoms with Crippen LogP contribution in [0.25, 0.3) is 0 Å². The van der Waals surface area contributed by atoms with Gasteiger partial charge in [0.25, 0.3) is 0 Å². The number of hydrogen-bond donors (Lipinski definition) is 6. The van der Waals surface area contributed by atoms with Crippen molar-refractivity contribution in [1.29, 1.82) is 0 Å². The van der Waals surface area contributed by atoms with Crippen LogP contribution in [-0.4, -0.2) is 100 Å². The average Bonchev–Trinajstić information content (AvgIpc) is 3.46. The standard InChI is InChI=1S/C68H123NO10/c1-3-5-7-9-11-13-14-15-29-33-36-40-44-48-52-56-64(73)77-57-53-49-45-41-37-34-31-28-26-24-22-20-18-16-17-19-21-23-25-27-30-32-35-39-43-47-51-55-63(72)69-60(61(71)54-50-46-42-38-12-10-8-6-4-2)59-78-68-67(76)66(75)65(74)62(58-70)79-68/h12,15-17,20,22,29,38,50,54,60-62,65-68,70-71,74-76H,3-11,13-14,18-19,21,23-28,30-37,39-49,51-53,55-59H2,1-2H3,(H,69,72)/b17-16-,22-20-,29-15-,38-12+,54-50+. The summed E-state index contributed by atoms with van der Waals surface area (Å²) in [5.74, 6) is -0.206. The summed E-state index contributed by atoms with van der Waals surface area (Å²) in [6.07, 6.45) is 65.0. The molecule has 460 valence electrons. The fourth-order valence-electron chi connectivity index (χ4n) is 10.1. The SMILES string of the molecule is CCCCC/C=C/CC/C=C/C(O)C(COC1OC(CO)C(O)C(O)C1O)NC(=O)CCCCCCCCCCCCC/C=C\C/C=C\CCCCCCCCCCCOC(=O)CCCCCCC/C=C\CCCCCCCC. The van der Waals surface area contributed by atoms with Crippen LogP contribution in [0.5, 0.6) is 0 Å². The van der Waals surface area contributed by atoms with Crippen molar-refractivity contribution in [3.63, 3.8) is 0 Å². The van der Waals surface area contributed by atoms with Crippen molar-refractivity contribution in [3.05, 3.63) is 60.8 Å². The van der Waals surface area contributed by atoms with E-state index in [1.807, 2.05) is 6.08 Å². The van der Waals surface area contributed by atoms with Crippen LogP contribution in [0.2, 0.25) is 0 Å². The first kappa shape index (κ1) is 74.4. The maximum absolute atomic E-state index is 13.0. The van der Waals surface area contributed by atoms with Crippen LogP contribution in [0.3, 0.4) is 0 Å². The minimum atomic E-state index is -1.58. The monoisotopic (exact) mass is 1110 g/mol. The number of carbonyl (C=O) groups excluding carboxylic acids is 2. The molecule has 79 heavy (non-hydrogen) atoms. The lowest BCUT2D eigenvalue weighted by Crippen LogP contribution is -2.60. The van der Waals surface area contributed by atoms with E-state index in [0.29, 0.717) is 19.4 Å². The van der Waals surface area contributed by atoms with Gasteiger partial charge in [0.15, 0.2) is 6.29 Å². The predicted molar refractivity (Wildman–Crippen MR) is 329 cm³/mol. The highest BCUT2D eigenvalue weighted by atomic mass is 16.7. The van der Waals surface area contributed by atoms with Gasteiger partial charge in [-0.05, 0) is 103 Å². The van der Waals surface area contributed by atoms with Crippen LogP contribution in [-0.2, 0) is 23.8 Å². The normalized spacial score (nSPS) is 18.8. The summed E-state index contributed by atoms with van der Waals surface area (Å²) >= 11 is 0. The molecule has 0 spiro atoms. The molecule has 0 aromatic heterocycles. The van der Waals surface area contributed by atoms with Gasteiger partial charge in [-0.2, -0.15) is 0 Å². The predicted octanol–water partition coefficient (Wildman–Crippen LogP) is 16.2. The molecule has 0 saturated carbocycles. The molecular formula is C68H123NO10. The molecule has 11 heteroatoms. The molecule has 7 atom stereocenters. The molecule has 11 nitrogen and oxygen atoms in total. The number of nitrogens with one attached hydrogen (secondary N) is 1. The topological polar surface area (TPSA) is 175 Å². The summed E-state index contributed by atoms with van der Waals surface area (Å²) in [5, 5.41) is 54.2. The van der Waals surface area contributed by atoms with E-state index >= 15 is 0 Å². The Kier molecular flexibility index (Phi) is 53.8. The van der Waals surface area contributed by atoms with Gasteiger partial charge in [0.05, 0.1) is 32.0 Å². The smallest absolute Gasteiger partial charge is 0.305 e. The lowest BCUT2D eigenvalue weighted by atomic mass is 9.99. The molecule has 1 amide bonds. The van der Waals surface area contributed by atoms with Crippen molar-refractivity contribution in [2.75, 3.05) is 19.8 Å². The minimum Gasteiger partial charge on any atom is -0.466 e. The molecule has 1 aliphatic rings. The second-order valence-corrected chi connectivity index (χ2v) is 22.8. The van der Waals surface area contributed by atoms with E-state index < -0.39 is 49.5 Å². The molecule has 0 aromatic carbocycles. The Balaban J connectivity index is 1.97. The summed E-state index contributed by atoms with van der Waals surface area (Å²) in [6.45, 7) is 4.27. The average molecular weight is 1110 g/mol. The van der Waals surface area contributed by atoms with Gasteiger partial charge in [0.1, 0.15) is 24.4 Å². The second-order valence-electron chi connectivity index (χ2n) is 22.8. The van der Waals surface area contributed by atoms with E-state index in [1.165, 1.54) is 193 Å². The Bertz CT molecular complexity index is 1500. The number of aliphatic hydroxyl groups is 5. The number of allylic oxidation sites excluding steroid dienone is 9. The van der Waals surface area contributed by atoms with Gasteiger partial charge < -0.3 is 45.1 Å². The van der Waals surface area contributed by atoms with Gasteiger partial charge in [-0.25, -0.2) is 0 Å². The van der Waals surface area contributed by atoms with Gasteiger partial charge in [0.2, 0.25) is 5.91 Å². The van der Waals surface area contributed by atoms with Crippen LogP contribution >= 0.6 is 0 Å². The lowest BCUT2D eigenvalue weighted by Gasteiger charge is -2.40. The Morgan fingerprint density at radius 1 is 0.468 bits per heavy atom. The molecule has 7 unspecified atom stereocenters. The van der Waals surface area contributed by atoms with Gasteiger partial charge >= 0.3 is 5.97 Å². The Morgan fingerprint density at radius 3 is 1.35 bits per heavy atom. The van der Waals surface area contributed by atoms with E-state index in [9.17, 15) is 35.1 Å². The lowest BCUT2D eigenvalue weighted by molar-refractivity contribution is -0.302. The summed E-state index contributed by atoms with van der Waals surface area (Å²) < 4.78 is 16.7. The highest BCUT2D eigenvalue weighted by Gasteiger charge is 2.44. The molecule has 1 saturated heterocycles. The number of amides is 1.